The molecule has 21 heavy (non-hydrogen) atoms. The molecule has 0 saturated carbocycles. The van der Waals surface area contributed by atoms with Crippen LogP contribution < -0.4 is 5.32 Å². The first-order valence-corrected chi connectivity index (χ1v) is 8.36. The SMILES string of the molecule is Cc1ccc([C@@H]2[C@H](c3ccccn3)NC(=S)N2C(C)C)s1. The number of nitrogens with one attached hydrogen (secondary N) is 1. The van der Waals surface area contributed by atoms with Crippen LogP contribution in [0.25, 0.3) is 0 Å². The molecule has 1 fully saturated rings. The summed E-state index contributed by atoms with van der Waals surface area (Å²) in [6, 6.07) is 11.1. The number of hydrogen-bond donors (Lipinski definition) is 1. The van der Waals surface area contributed by atoms with Crippen molar-refractivity contribution in [2.45, 2.75) is 38.9 Å². The maximum absolute atomic E-state index is 5.57. The molecule has 3 rings (SSSR count). The average Bonchev–Trinajstić information content (AvgIpc) is 3.03. The Morgan fingerprint density at radius 1 is 1.29 bits per heavy atom. The number of nitrogens with zero attached hydrogens (tertiary/aromatic N) is 2. The summed E-state index contributed by atoms with van der Waals surface area (Å²) in [5.41, 5.74) is 1.04. The Labute approximate surface area is 135 Å². The minimum Gasteiger partial charge on any atom is -0.352 e. The lowest BCUT2D eigenvalue weighted by atomic mass is 10.0. The van der Waals surface area contributed by atoms with Gasteiger partial charge in [0.15, 0.2) is 5.11 Å². The summed E-state index contributed by atoms with van der Waals surface area (Å²) in [7, 11) is 0. The fourth-order valence-electron chi connectivity index (χ4n) is 2.84. The molecule has 1 aliphatic rings. The molecule has 0 amide bonds. The van der Waals surface area contributed by atoms with E-state index in [2.05, 4.69) is 54.2 Å². The quantitative estimate of drug-likeness (QED) is 0.871. The fraction of sp³-hybridized carbons (Fsp3) is 0.375. The molecular weight excluding hydrogens is 298 g/mol. The smallest absolute Gasteiger partial charge is 0.170 e. The second-order valence-corrected chi connectivity index (χ2v) is 7.28. The zero-order valence-electron chi connectivity index (χ0n) is 12.4. The van der Waals surface area contributed by atoms with Gasteiger partial charge < -0.3 is 10.2 Å². The molecule has 2 aromatic heterocycles. The number of thiophene rings is 1. The molecule has 0 aliphatic carbocycles. The topological polar surface area (TPSA) is 28.2 Å². The van der Waals surface area contributed by atoms with Crippen LogP contribution in [0.3, 0.4) is 0 Å². The third kappa shape index (κ3) is 2.68. The van der Waals surface area contributed by atoms with Gasteiger partial charge in [-0.05, 0) is 57.3 Å². The number of hydrogen-bond acceptors (Lipinski definition) is 3. The molecule has 0 unspecified atom stereocenters. The van der Waals surface area contributed by atoms with Crippen molar-refractivity contribution in [1.29, 1.82) is 0 Å². The largest absolute Gasteiger partial charge is 0.352 e. The van der Waals surface area contributed by atoms with E-state index in [1.165, 1.54) is 9.75 Å². The van der Waals surface area contributed by atoms with E-state index in [0.717, 1.165) is 10.8 Å². The lowest BCUT2D eigenvalue weighted by Gasteiger charge is -2.30. The molecule has 3 heterocycles. The van der Waals surface area contributed by atoms with E-state index in [4.69, 9.17) is 12.2 Å². The van der Waals surface area contributed by atoms with Gasteiger partial charge in [0.05, 0.1) is 17.8 Å². The summed E-state index contributed by atoms with van der Waals surface area (Å²) in [5.74, 6) is 0. The average molecular weight is 317 g/mol. The standard InChI is InChI=1S/C16H19N3S2/c1-10(2)19-15(13-8-7-11(3)21-13)14(18-16(19)20)12-6-4-5-9-17-12/h4-10,14-15H,1-3H3,(H,18,20)/t14-,15+/m0/s1. The Bertz CT molecular complexity index is 636. The highest BCUT2D eigenvalue weighted by molar-refractivity contribution is 7.80. The van der Waals surface area contributed by atoms with Gasteiger partial charge in [-0.15, -0.1) is 11.3 Å². The van der Waals surface area contributed by atoms with Crippen molar-refractivity contribution in [3.05, 3.63) is 52.0 Å². The molecule has 1 aliphatic heterocycles. The lowest BCUT2D eigenvalue weighted by molar-refractivity contribution is 0.273. The highest BCUT2D eigenvalue weighted by Crippen LogP contribution is 2.42. The molecule has 110 valence electrons. The van der Waals surface area contributed by atoms with Crippen LogP contribution in [-0.4, -0.2) is 21.0 Å². The van der Waals surface area contributed by atoms with Gasteiger partial charge in [0.25, 0.3) is 0 Å². The third-order valence-corrected chi connectivity index (χ3v) is 5.14. The van der Waals surface area contributed by atoms with Gasteiger partial charge in [-0.1, -0.05) is 6.07 Å². The molecule has 1 saturated heterocycles. The van der Waals surface area contributed by atoms with E-state index in [-0.39, 0.29) is 12.1 Å². The fourth-order valence-corrected chi connectivity index (χ4v) is 4.30. The molecule has 0 aromatic carbocycles. The molecule has 3 nitrogen and oxygen atoms in total. The van der Waals surface area contributed by atoms with Gasteiger partial charge in [0.2, 0.25) is 0 Å². The van der Waals surface area contributed by atoms with Gasteiger partial charge >= 0.3 is 0 Å². The summed E-state index contributed by atoms with van der Waals surface area (Å²) >= 11 is 7.41. The molecule has 0 radical (unpaired) electrons. The maximum Gasteiger partial charge on any atom is 0.170 e. The van der Waals surface area contributed by atoms with E-state index in [1.807, 2.05) is 29.7 Å². The van der Waals surface area contributed by atoms with Crippen molar-refractivity contribution in [2.75, 3.05) is 0 Å². The van der Waals surface area contributed by atoms with Crippen LogP contribution in [0.15, 0.2) is 36.5 Å². The minimum absolute atomic E-state index is 0.110. The zero-order chi connectivity index (χ0) is 15.0. The Balaban J connectivity index is 2.05. The number of aryl methyl sites for hydroxylation is 1. The Morgan fingerprint density at radius 2 is 2.10 bits per heavy atom. The van der Waals surface area contributed by atoms with Crippen LogP contribution in [0.1, 0.15) is 41.4 Å². The molecule has 0 spiro atoms. The van der Waals surface area contributed by atoms with Crippen LogP contribution >= 0.6 is 23.6 Å². The highest BCUT2D eigenvalue weighted by atomic mass is 32.1. The lowest BCUT2D eigenvalue weighted by Crippen LogP contribution is -2.35. The second kappa shape index (κ2) is 5.73. The van der Waals surface area contributed by atoms with E-state index >= 15 is 0 Å². The minimum atomic E-state index is 0.110. The second-order valence-electron chi connectivity index (χ2n) is 5.58. The van der Waals surface area contributed by atoms with Crippen molar-refractivity contribution < 1.29 is 0 Å². The van der Waals surface area contributed by atoms with Crippen LogP contribution in [0.4, 0.5) is 0 Å². The summed E-state index contributed by atoms with van der Waals surface area (Å²) in [6.45, 7) is 6.51. The molecule has 2 aromatic rings. The van der Waals surface area contributed by atoms with E-state index < -0.39 is 0 Å². The zero-order valence-corrected chi connectivity index (χ0v) is 14.0. The van der Waals surface area contributed by atoms with Gasteiger partial charge in [0.1, 0.15) is 0 Å². The van der Waals surface area contributed by atoms with Crippen molar-refractivity contribution in [2.24, 2.45) is 0 Å². The number of aromatic nitrogens is 1. The van der Waals surface area contributed by atoms with Crippen molar-refractivity contribution in [3.8, 4) is 0 Å². The summed E-state index contributed by atoms with van der Waals surface area (Å²) in [4.78, 5) is 9.48. The van der Waals surface area contributed by atoms with Crippen molar-refractivity contribution in [1.82, 2.24) is 15.2 Å². The van der Waals surface area contributed by atoms with Gasteiger partial charge in [-0.25, -0.2) is 0 Å². The molecular formula is C16H19N3S2. The van der Waals surface area contributed by atoms with Gasteiger partial charge in [-0.2, -0.15) is 0 Å². The van der Waals surface area contributed by atoms with Gasteiger partial charge in [0, 0.05) is 22.0 Å². The summed E-state index contributed by atoms with van der Waals surface area (Å²) < 4.78 is 0. The maximum atomic E-state index is 5.57. The molecule has 1 N–H and O–H groups in total. The van der Waals surface area contributed by atoms with E-state index in [9.17, 15) is 0 Å². The van der Waals surface area contributed by atoms with Crippen LogP contribution in [0.5, 0.6) is 0 Å². The molecule has 2 atom stereocenters. The number of rotatable bonds is 3. The van der Waals surface area contributed by atoms with Crippen molar-refractivity contribution >= 4 is 28.7 Å². The Morgan fingerprint density at radius 3 is 2.67 bits per heavy atom. The summed E-state index contributed by atoms with van der Waals surface area (Å²) in [6.07, 6.45) is 1.84. The number of pyridine rings is 1. The summed E-state index contributed by atoms with van der Waals surface area (Å²) in [5, 5.41) is 4.28. The van der Waals surface area contributed by atoms with E-state index in [1.54, 1.807) is 0 Å². The third-order valence-electron chi connectivity index (χ3n) is 3.74. The Kier molecular flexibility index (Phi) is 3.95. The molecule has 5 heteroatoms. The van der Waals surface area contributed by atoms with Gasteiger partial charge in [-0.3, -0.25) is 4.98 Å². The molecule has 0 bridgehead atoms. The normalized spacial score (nSPS) is 21.9. The first kappa shape index (κ1) is 14.5. The van der Waals surface area contributed by atoms with E-state index in [0.29, 0.717) is 6.04 Å². The highest BCUT2D eigenvalue weighted by Gasteiger charge is 2.41. The Hall–Kier alpha value is -1.46. The van der Waals surface area contributed by atoms with Crippen LogP contribution in [0.2, 0.25) is 0 Å². The first-order chi connectivity index (χ1) is 10.1. The van der Waals surface area contributed by atoms with Crippen LogP contribution in [0, 0.1) is 6.92 Å². The predicted octanol–water partition coefficient (Wildman–Crippen LogP) is 3.83. The van der Waals surface area contributed by atoms with Crippen molar-refractivity contribution in [3.63, 3.8) is 0 Å². The first-order valence-electron chi connectivity index (χ1n) is 7.14. The number of thiocarbonyl (C=S) groups is 1. The van der Waals surface area contributed by atoms with Crippen LogP contribution in [-0.2, 0) is 0 Å². The predicted molar refractivity (Wildman–Crippen MR) is 91.5 cm³/mol. The monoisotopic (exact) mass is 317 g/mol.